The Bertz CT molecular complexity index is 200. The maximum Gasteiger partial charge on any atom is 0.161 e. The van der Waals surface area contributed by atoms with E-state index in [0.29, 0.717) is 0 Å². The van der Waals surface area contributed by atoms with Crippen molar-refractivity contribution in [3.05, 3.63) is 23.6 Å². The lowest BCUT2D eigenvalue weighted by Crippen LogP contribution is -2.09. The van der Waals surface area contributed by atoms with Crippen LogP contribution in [-0.4, -0.2) is 10.9 Å². The van der Waals surface area contributed by atoms with Crippen LogP contribution in [-0.2, 0) is 4.79 Å². The third kappa shape index (κ3) is 1.93. The summed E-state index contributed by atoms with van der Waals surface area (Å²) in [7, 11) is 0. The number of Topliss-reactive ketones (excluding diaryl/α,β-unsaturated/α-hetero) is 1. The zero-order valence-corrected chi connectivity index (χ0v) is 6.14. The van der Waals surface area contributed by atoms with Crippen LogP contribution in [0, 0.1) is 0 Å². The number of aliphatic hydroxyl groups is 1. The number of carbonyl (C=O) groups is 1. The molecule has 0 aliphatic rings. The summed E-state index contributed by atoms with van der Waals surface area (Å²) in [6, 6.07) is 0. The van der Waals surface area contributed by atoms with Crippen LogP contribution in [0.4, 0.5) is 0 Å². The minimum Gasteiger partial charge on any atom is -0.510 e. The van der Waals surface area contributed by atoms with E-state index in [-0.39, 0.29) is 22.8 Å². The first-order chi connectivity index (χ1) is 4.46. The summed E-state index contributed by atoms with van der Waals surface area (Å²) >= 11 is 0. The molecule has 0 fully saturated rings. The molecule has 0 heterocycles. The normalized spacial score (nSPS) is 12.2. The number of hydrogen-bond donors (Lipinski definition) is 2. The largest absolute Gasteiger partial charge is 0.510 e. The maximum absolute atomic E-state index is 10.6. The molecule has 0 atom stereocenters. The highest BCUT2D eigenvalue weighted by Crippen LogP contribution is 2.05. The van der Waals surface area contributed by atoms with E-state index in [1.165, 1.54) is 13.8 Å². The molecule has 0 radical (unpaired) electrons. The average Bonchev–Trinajstić information content (AvgIpc) is 1.84. The molecule has 3 heteroatoms. The number of aliphatic hydroxyl groups excluding tert-OH is 1. The van der Waals surface area contributed by atoms with Crippen LogP contribution in [0.2, 0.25) is 0 Å². The van der Waals surface area contributed by atoms with Crippen LogP contribution in [0.25, 0.3) is 0 Å². The monoisotopic (exact) mass is 141 g/mol. The van der Waals surface area contributed by atoms with Gasteiger partial charge in [0.25, 0.3) is 0 Å². The molecule has 0 spiro atoms. The second-order valence-corrected chi connectivity index (χ2v) is 2.03. The molecule has 0 aromatic heterocycles. The average molecular weight is 141 g/mol. The van der Waals surface area contributed by atoms with E-state index < -0.39 is 0 Å². The molecule has 0 saturated carbocycles. The highest BCUT2D eigenvalue weighted by Gasteiger charge is 2.05. The van der Waals surface area contributed by atoms with Crippen LogP contribution < -0.4 is 5.73 Å². The van der Waals surface area contributed by atoms with Gasteiger partial charge in [0.05, 0.1) is 5.70 Å². The van der Waals surface area contributed by atoms with E-state index >= 15 is 0 Å². The summed E-state index contributed by atoms with van der Waals surface area (Å²) in [6.07, 6.45) is 0. The Morgan fingerprint density at radius 2 is 1.90 bits per heavy atom. The molecule has 0 aliphatic heterocycles. The van der Waals surface area contributed by atoms with Gasteiger partial charge < -0.3 is 10.8 Å². The second-order valence-electron chi connectivity index (χ2n) is 2.03. The lowest BCUT2D eigenvalue weighted by Gasteiger charge is -2.01. The fourth-order valence-electron chi connectivity index (χ4n) is 0.408. The first-order valence-electron chi connectivity index (χ1n) is 2.82. The van der Waals surface area contributed by atoms with Crippen molar-refractivity contribution in [3.63, 3.8) is 0 Å². The molecule has 0 amide bonds. The summed E-state index contributed by atoms with van der Waals surface area (Å²) in [4.78, 5) is 10.6. The molecular formula is C7H11NO2. The van der Waals surface area contributed by atoms with E-state index in [2.05, 4.69) is 6.58 Å². The van der Waals surface area contributed by atoms with Gasteiger partial charge in [0.15, 0.2) is 5.78 Å². The summed E-state index contributed by atoms with van der Waals surface area (Å²) in [6.45, 7) is 6.13. The van der Waals surface area contributed by atoms with E-state index in [1.54, 1.807) is 0 Å². The summed E-state index contributed by atoms with van der Waals surface area (Å²) in [5.74, 6) is -0.300. The first-order valence-corrected chi connectivity index (χ1v) is 2.82. The van der Waals surface area contributed by atoms with Crippen molar-refractivity contribution in [1.29, 1.82) is 0 Å². The summed E-state index contributed by atoms with van der Waals surface area (Å²) in [5.41, 5.74) is 5.49. The molecule has 3 N–H and O–H groups in total. The van der Waals surface area contributed by atoms with Gasteiger partial charge in [-0.2, -0.15) is 0 Å². The van der Waals surface area contributed by atoms with Crippen molar-refractivity contribution in [2.24, 2.45) is 5.73 Å². The van der Waals surface area contributed by atoms with Crippen molar-refractivity contribution in [2.45, 2.75) is 13.8 Å². The molecule has 0 aliphatic carbocycles. The molecule has 0 bridgehead atoms. The van der Waals surface area contributed by atoms with Crippen molar-refractivity contribution in [1.82, 2.24) is 0 Å². The van der Waals surface area contributed by atoms with Crippen LogP contribution in [0.3, 0.4) is 0 Å². The predicted molar refractivity (Wildman–Crippen MR) is 39.3 cm³/mol. The van der Waals surface area contributed by atoms with Crippen molar-refractivity contribution in [3.8, 4) is 0 Å². The van der Waals surface area contributed by atoms with Gasteiger partial charge in [0.2, 0.25) is 0 Å². The smallest absolute Gasteiger partial charge is 0.161 e. The number of hydrogen-bond acceptors (Lipinski definition) is 3. The SMILES string of the molecule is C=C(C(C)=O)/C(N)=C(\C)O. The fraction of sp³-hybridized carbons (Fsp3) is 0.286. The van der Waals surface area contributed by atoms with Gasteiger partial charge in [-0.3, -0.25) is 4.79 Å². The number of ketones is 1. The van der Waals surface area contributed by atoms with Gasteiger partial charge in [0, 0.05) is 5.57 Å². The predicted octanol–water partition coefficient (Wildman–Crippen LogP) is 0.880. The van der Waals surface area contributed by atoms with E-state index in [9.17, 15) is 4.79 Å². The molecular weight excluding hydrogens is 130 g/mol. The minimum atomic E-state index is -0.231. The summed E-state index contributed by atoms with van der Waals surface area (Å²) in [5, 5.41) is 8.78. The Morgan fingerprint density at radius 3 is 2.00 bits per heavy atom. The first kappa shape index (κ1) is 8.75. The number of rotatable bonds is 2. The van der Waals surface area contributed by atoms with Crippen LogP contribution >= 0.6 is 0 Å². The molecule has 0 saturated heterocycles. The molecule has 0 rings (SSSR count). The molecule has 3 nitrogen and oxygen atoms in total. The van der Waals surface area contributed by atoms with Crippen molar-refractivity contribution < 1.29 is 9.90 Å². The zero-order valence-electron chi connectivity index (χ0n) is 6.14. The lowest BCUT2D eigenvalue weighted by molar-refractivity contribution is -0.113. The molecule has 0 aromatic carbocycles. The van der Waals surface area contributed by atoms with Crippen LogP contribution in [0.5, 0.6) is 0 Å². The number of allylic oxidation sites excluding steroid dienone is 2. The van der Waals surface area contributed by atoms with Crippen LogP contribution in [0.15, 0.2) is 23.6 Å². The van der Waals surface area contributed by atoms with Crippen LogP contribution in [0.1, 0.15) is 13.8 Å². The Morgan fingerprint density at radius 1 is 1.50 bits per heavy atom. The highest BCUT2D eigenvalue weighted by atomic mass is 16.3. The van der Waals surface area contributed by atoms with Crippen molar-refractivity contribution >= 4 is 5.78 Å². The molecule has 56 valence electrons. The van der Waals surface area contributed by atoms with Gasteiger partial charge in [-0.1, -0.05) is 6.58 Å². The standard InChI is InChI=1S/C7H11NO2/c1-4(5(2)9)7(8)6(3)10/h10H,1,8H2,2-3H3/b7-6-. The lowest BCUT2D eigenvalue weighted by atomic mass is 10.1. The second kappa shape index (κ2) is 3.06. The van der Waals surface area contributed by atoms with Gasteiger partial charge in [-0.25, -0.2) is 0 Å². The Balaban J connectivity index is 4.54. The van der Waals surface area contributed by atoms with E-state index in [1.807, 2.05) is 0 Å². The Labute approximate surface area is 59.8 Å². The van der Waals surface area contributed by atoms with E-state index in [0.717, 1.165) is 0 Å². The Hall–Kier alpha value is -1.25. The number of carbonyl (C=O) groups excluding carboxylic acids is 1. The maximum atomic E-state index is 10.6. The third-order valence-electron chi connectivity index (χ3n) is 1.14. The summed E-state index contributed by atoms with van der Waals surface area (Å²) < 4.78 is 0. The zero-order chi connectivity index (χ0) is 8.31. The van der Waals surface area contributed by atoms with Gasteiger partial charge in [0.1, 0.15) is 5.76 Å². The fourth-order valence-corrected chi connectivity index (χ4v) is 0.408. The third-order valence-corrected chi connectivity index (χ3v) is 1.14. The Kier molecular flexibility index (Phi) is 2.67. The molecule has 10 heavy (non-hydrogen) atoms. The van der Waals surface area contributed by atoms with Crippen molar-refractivity contribution in [2.75, 3.05) is 0 Å². The van der Waals surface area contributed by atoms with Gasteiger partial charge >= 0.3 is 0 Å². The minimum absolute atomic E-state index is 0.0625. The molecule has 0 unspecified atom stereocenters. The van der Waals surface area contributed by atoms with Gasteiger partial charge in [-0.05, 0) is 13.8 Å². The van der Waals surface area contributed by atoms with E-state index in [4.69, 9.17) is 10.8 Å². The molecule has 0 aromatic rings. The van der Waals surface area contributed by atoms with Gasteiger partial charge in [-0.15, -0.1) is 0 Å². The number of nitrogens with two attached hydrogens (primary N) is 1. The quantitative estimate of drug-likeness (QED) is 0.341. The topological polar surface area (TPSA) is 63.3 Å². The highest BCUT2D eigenvalue weighted by molar-refractivity contribution is 5.96.